The van der Waals surface area contributed by atoms with E-state index in [0.29, 0.717) is 28.5 Å². The summed E-state index contributed by atoms with van der Waals surface area (Å²) in [4.78, 5) is 18.3. The van der Waals surface area contributed by atoms with E-state index in [0.717, 1.165) is 43.3 Å². The van der Waals surface area contributed by atoms with Crippen molar-refractivity contribution in [1.82, 2.24) is 14.9 Å². The zero-order valence-corrected chi connectivity index (χ0v) is 21.8. The van der Waals surface area contributed by atoms with Gasteiger partial charge in [0.25, 0.3) is 0 Å². The quantitative estimate of drug-likeness (QED) is 0.302. The van der Waals surface area contributed by atoms with Gasteiger partial charge in [0.2, 0.25) is 17.0 Å². The number of hydrogen-bond donors (Lipinski definition) is 2. The van der Waals surface area contributed by atoms with Crippen LogP contribution in [0.3, 0.4) is 0 Å². The number of nitrogens with zero attached hydrogens (tertiary/aromatic N) is 5. The number of para-hydroxylation sites is 1. The van der Waals surface area contributed by atoms with Gasteiger partial charge in [0.15, 0.2) is 0 Å². The minimum absolute atomic E-state index is 0.294. The van der Waals surface area contributed by atoms with Gasteiger partial charge in [0.05, 0.1) is 14.2 Å². The molecule has 188 valence electrons. The minimum Gasteiger partial charge on any atom is -0.497 e. The van der Waals surface area contributed by atoms with E-state index in [9.17, 15) is 0 Å². The smallest absolute Gasteiger partial charge is 0.229 e. The lowest BCUT2D eigenvalue weighted by atomic mass is 10.2. The standard InChI is InChI=1S/C26H31N7O2S/c1-18-14-19(2)28-24(27-18)30-25(33-12-10-32(11-13-33)21-8-6-5-7-9-21)31-26(36)29-20-15-22(34-3)17-23(16-20)35-4/h5-9,14-17H,10-13H2,1-4H3,(H2,27,28,29,30,31,36). The third-order valence-corrected chi connectivity index (χ3v) is 5.91. The molecule has 36 heavy (non-hydrogen) atoms. The lowest BCUT2D eigenvalue weighted by Gasteiger charge is -2.37. The Kier molecular flexibility index (Phi) is 8.17. The highest BCUT2D eigenvalue weighted by Gasteiger charge is 2.21. The average Bonchev–Trinajstić information content (AvgIpc) is 2.88. The van der Waals surface area contributed by atoms with Gasteiger partial charge in [0, 0.05) is 67.1 Å². The Hall–Kier alpha value is -3.92. The normalized spacial score (nSPS) is 13.8. The molecule has 1 aliphatic heterocycles. The summed E-state index contributed by atoms with van der Waals surface area (Å²) in [6.07, 6.45) is 0. The van der Waals surface area contributed by atoms with Crippen LogP contribution in [0.2, 0.25) is 0 Å². The summed E-state index contributed by atoms with van der Waals surface area (Å²) in [5.41, 5.74) is 3.69. The zero-order valence-electron chi connectivity index (χ0n) is 21.0. The van der Waals surface area contributed by atoms with E-state index < -0.39 is 0 Å². The Bertz CT molecular complexity index is 1190. The first-order chi connectivity index (χ1) is 17.4. The number of rotatable bonds is 5. The monoisotopic (exact) mass is 505 g/mol. The lowest BCUT2D eigenvalue weighted by molar-refractivity contribution is 0.385. The van der Waals surface area contributed by atoms with Gasteiger partial charge in [-0.2, -0.15) is 4.99 Å². The SMILES string of the molecule is COc1cc(NC(=S)/N=C(/Nc2nc(C)cc(C)n2)N2CCN(c3ccccc3)CC2)cc(OC)c1. The van der Waals surface area contributed by atoms with Crippen LogP contribution in [0.5, 0.6) is 11.5 Å². The Balaban J connectivity index is 1.55. The second kappa shape index (κ2) is 11.7. The highest BCUT2D eigenvalue weighted by atomic mass is 32.1. The Morgan fingerprint density at radius 1 is 0.861 bits per heavy atom. The first kappa shape index (κ1) is 25.2. The molecular formula is C26H31N7O2S. The fourth-order valence-electron chi connectivity index (χ4n) is 4.00. The van der Waals surface area contributed by atoms with Crippen LogP contribution in [0.4, 0.5) is 17.3 Å². The summed E-state index contributed by atoms with van der Waals surface area (Å²) in [5.74, 6) is 2.40. The van der Waals surface area contributed by atoms with Gasteiger partial charge in [0.1, 0.15) is 11.5 Å². The third kappa shape index (κ3) is 6.60. The van der Waals surface area contributed by atoms with Crippen LogP contribution < -0.4 is 25.0 Å². The van der Waals surface area contributed by atoms with Crippen molar-refractivity contribution in [3.8, 4) is 11.5 Å². The number of benzene rings is 2. The van der Waals surface area contributed by atoms with E-state index in [2.05, 4.69) is 54.7 Å². The molecule has 1 fully saturated rings. The molecule has 4 rings (SSSR count). The highest BCUT2D eigenvalue weighted by molar-refractivity contribution is 7.80. The van der Waals surface area contributed by atoms with Crippen molar-refractivity contribution in [3.05, 3.63) is 66.0 Å². The number of piperazine rings is 1. The molecule has 0 aliphatic carbocycles. The van der Waals surface area contributed by atoms with Crippen LogP contribution >= 0.6 is 12.2 Å². The predicted octanol–water partition coefficient (Wildman–Crippen LogP) is 4.10. The maximum absolute atomic E-state index is 5.61. The molecule has 1 aliphatic rings. The van der Waals surface area contributed by atoms with E-state index in [4.69, 9.17) is 26.7 Å². The van der Waals surface area contributed by atoms with Crippen molar-refractivity contribution in [2.75, 3.05) is 55.9 Å². The van der Waals surface area contributed by atoms with Gasteiger partial charge in [-0.25, -0.2) is 9.97 Å². The third-order valence-electron chi connectivity index (χ3n) is 5.72. The molecule has 2 aromatic carbocycles. The van der Waals surface area contributed by atoms with Gasteiger partial charge < -0.3 is 24.6 Å². The molecule has 0 saturated carbocycles. The van der Waals surface area contributed by atoms with Crippen molar-refractivity contribution in [2.24, 2.45) is 4.99 Å². The molecule has 1 saturated heterocycles. The molecule has 1 aromatic heterocycles. The summed E-state index contributed by atoms with van der Waals surface area (Å²) >= 11 is 5.61. The average molecular weight is 506 g/mol. The first-order valence-corrected chi connectivity index (χ1v) is 12.1. The van der Waals surface area contributed by atoms with E-state index in [1.54, 1.807) is 20.3 Å². The maximum Gasteiger partial charge on any atom is 0.229 e. The summed E-state index contributed by atoms with van der Waals surface area (Å²) < 4.78 is 10.7. The van der Waals surface area contributed by atoms with Crippen molar-refractivity contribution in [2.45, 2.75) is 13.8 Å². The molecule has 3 aromatic rings. The van der Waals surface area contributed by atoms with Gasteiger partial charge in [-0.3, -0.25) is 5.32 Å². The number of aromatic nitrogens is 2. The Morgan fingerprint density at radius 3 is 2.06 bits per heavy atom. The summed E-state index contributed by atoms with van der Waals surface area (Å²) in [6.45, 7) is 7.12. The van der Waals surface area contributed by atoms with Gasteiger partial charge in [-0.05, 0) is 44.3 Å². The maximum atomic E-state index is 5.61. The minimum atomic E-state index is 0.294. The Labute approximate surface area is 217 Å². The number of anilines is 3. The van der Waals surface area contributed by atoms with E-state index in [1.165, 1.54) is 5.69 Å². The molecule has 0 unspecified atom stereocenters. The van der Waals surface area contributed by atoms with Gasteiger partial charge in [-0.15, -0.1) is 0 Å². The number of aliphatic imine (C=N–C) groups is 1. The number of methoxy groups -OCH3 is 2. The van der Waals surface area contributed by atoms with E-state index in [1.807, 2.05) is 38.1 Å². The molecule has 0 bridgehead atoms. The molecule has 0 atom stereocenters. The van der Waals surface area contributed by atoms with Crippen LogP contribution in [-0.2, 0) is 0 Å². The number of aryl methyl sites for hydroxylation is 2. The molecule has 0 amide bonds. The van der Waals surface area contributed by atoms with E-state index >= 15 is 0 Å². The first-order valence-electron chi connectivity index (χ1n) is 11.7. The fraction of sp³-hybridized carbons (Fsp3) is 0.308. The summed E-state index contributed by atoms with van der Waals surface area (Å²) in [6, 6.07) is 17.8. The van der Waals surface area contributed by atoms with Gasteiger partial charge >= 0.3 is 0 Å². The number of nitrogens with one attached hydrogen (secondary N) is 2. The largest absolute Gasteiger partial charge is 0.497 e. The second-order valence-electron chi connectivity index (χ2n) is 8.38. The number of hydrogen-bond acceptors (Lipinski definition) is 6. The van der Waals surface area contributed by atoms with Gasteiger partial charge in [-0.1, -0.05) is 18.2 Å². The second-order valence-corrected chi connectivity index (χ2v) is 8.76. The van der Waals surface area contributed by atoms with E-state index in [-0.39, 0.29) is 0 Å². The molecule has 9 nitrogen and oxygen atoms in total. The molecule has 2 heterocycles. The predicted molar refractivity (Wildman–Crippen MR) is 149 cm³/mol. The van der Waals surface area contributed by atoms with Crippen molar-refractivity contribution in [3.63, 3.8) is 0 Å². The zero-order chi connectivity index (χ0) is 25.5. The van der Waals surface area contributed by atoms with Crippen molar-refractivity contribution in [1.29, 1.82) is 0 Å². The summed E-state index contributed by atoms with van der Waals surface area (Å²) in [5, 5.41) is 6.77. The molecule has 0 radical (unpaired) electrons. The number of guanidine groups is 1. The molecule has 2 N–H and O–H groups in total. The van der Waals surface area contributed by atoms with Crippen molar-refractivity contribution >= 4 is 40.6 Å². The van der Waals surface area contributed by atoms with Crippen LogP contribution in [-0.4, -0.2) is 66.3 Å². The van der Waals surface area contributed by atoms with Crippen LogP contribution in [0.25, 0.3) is 0 Å². The summed E-state index contributed by atoms with van der Waals surface area (Å²) in [7, 11) is 3.21. The van der Waals surface area contributed by atoms with Crippen LogP contribution in [0.1, 0.15) is 11.4 Å². The van der Waals surface area contributed by atoms with Crippen LogP contribution in [0, 0.1) is 13.8 Å². The molecule has 0 spiro atoms. The highest BCUT2D eigenvalue weighted by Crippen LogP contribution is 2.26. The number of ether oxygens (including phenoxy) is 2. The van der Waals surface area contributed by atoms with Crippen molar-refractivity contribution < 1.29 is 9.47 Å². The molecule has 10 heteroatoms. The molecular weight excluding hydrogens is 474 g/mol. The Morgan fingerprint density at radius 2 is 1.47 bits per heavy atom. The fourth-order valence-corrected chi connectivity index (χ4v) is 4.21. The lowest BCUT2D eigenvalue weighted by Crippen LogP contribution is -2.51. The number of thiocarbonyl (C=S) groups is 1. The van der Waals surface area contributed by atoms with Crippen LogP contribution in [0.15, 0.2) is 59.6 Å². The topological polar surface area (TPSA) is 87.1 Å².